The lowest BCUT2D eigenvalue weighted by molar-refractivity contribution is 0.236. The fraction of sp³-hybridized carbons (Fsp3) is 1.00. The lowest BCUT2D eigenvalue weighted by Crippen LogP contribution is -2.36. The van der Waals surface area contributed by atoms with Gasteiger partial charge in [0, 0.05) is 6.54 Å². The van der Waals surface area contributed by atoms with Crippen LogP contribution in [-0.2, 0) is 0 Å². The second-order valence-electron chi connectivity index (χ2n) is 6.85. The highest BCUT2D eigenvalue weighted by atomic mass is 15.2. The van der Waals surface area contributed by atoms with E-state index in [1.165, 1.54) is 70.6 Å². The average molecular weight is 254 g/mol. The third-order valence-electron chi connectivity index (χ3n) is 4.73. The third-order valence-corrected chi connectivity index (χ3v) is 4.73. The van der Waals surface area contributed by atoms with Gasteiger partial charge in [-0.05, 0) is 24.2 Å². The molecule has 0 amide bonds. The van der Waals surface area contributed by atoms with Crippen molar-refractivity contribution in [2.45, 2.75) is 84.5 Å². The highest BCUT2D eigenvalue weighted by Crippen LogP contribution is 2.32. The molecule has 3 N–H and O–H groups in total. The first-order valence-electron chi connectivity index (χ1n) is 8.10. The number of nitrogens with two attached hydrogens (primary N) is 1. The van der Waals surface area contributed by atoms with Gasteiger partial charge in [-0.3, -0.25) is 11.3 Å². The molecule has 1 rings (SSSR count). The van der Waals surface area contributed by atoms with E-state index in [4.69, 9.17) is 5.84 Å². The average Bonchev–Trinajstić information content (AvgIpc) is 2.33. The minimum absolute atomic E-state index is 0.419. The molecule has 1 saturated carbocycles. The van der Waals surface area contributed by atoms with Gasteiger partial charge in [-0.25, -0.2) is 0 Å². The van der Waals surface area contributed by atoms with E-state index >= 15 is 0 Å². The highest BCUT2D eigenvalue weighted by Gasteiger charge is 2.23. The lowest BCUT2D eigenvalue weighted by atomic mass is 9.79. The second kappa shape index (κ2) is 8.92. The lowest BCUT2D eigenvalue weighted by Gasteiger charge is -2.30. The Balaban J connectivity index is 2.44. The van der Waals surface area contributed by atoms with Gasteiger partial charge >= 0.3 is 0 Å². The van der Waals surface area contributed by atoms with Crippen LogP contribution >= 0.6 is 0 Å². The summed E-state index contributed by atoms with van der Waals surface area (Å²) in [4.78, 5) is 0. The maximum atomic E-state index is 5.56. The number of hydrazine groups is 1. The van der Waals surface area contributed by atoms with Crippen LogP contribution in [0.3, 0.4) is 0 Å². The largest absolute Gasteiger partial charge is 0.271 e. The number of nitrogens with one attached hydrogen (secondary N) is 1. The van der Waals surface area contributed by atoms with Gasteiger partial charge in [0.1, 0.15) is 0 Å². The van der Waals surface area contributed by atoms with Crippen LogP contribution in [0.4, 0.5) is 0 Å². The van der Waals surface area contributed by atoms with E-state index in [0.29, 0.717) is 5.41 Å². The van der Waals surface area contributed by atoms with Crippen molar-refractivity contribution in [2.75, 3.05) is 6.54 Å². The minimum atomic E-state index is 0.419. The molecule has 0 saturated heterocycles. The van der Waals surface area contributed by atoms with E-state index < -0.39 is 0 Å². The topological polar surface area (TPSA) is 38.0 Å². The Morgan fingerprint density at radius 2 is 1.50 bits per heavy atom. The van der Waals surface area contributed by atoms with Crippen molar-refractivity contribution >= 4 is 0 Å². The molecule has 0 radical (unpaired) electrons. The van der Waals surface area contributed by atoms with Crippen LogP contribution in [0.5, 0.6) is 0 Å². The first-order valence-corrected chi connectivity index (χ1v) is 8.10. The standard InChI is InChI=1S/C16H34N2/c1-15-10-7-5-3-4-6-8-12-16(2,14-18-17)13-9-11-15/h15,18H,3-14,17H2,1-2H3. The van der Waals surface area contributed by atoms with Crippen LogP contribution in [0.1, 0.15) is 84.5 Å². The molecular formula is C16H34N2. The third kappa shape index (κ3) is 6.75. The SMILES string of the molecule is CC1CCCCCCCCC(C)(CNN)CCC1. The van der Waals surface area contributed by atoms with E-state index in [1.54, 1.807) is 0 Å². The fourth-order valence-electron chi connectivity index (χ4n) is 3.32. The van der Waals surface area contributed by atoms with Gasteiger partial charge in [-0.1, -0.05) is 71.6 Å². The first kappa shape index (κ1) is 16.0. The predicted molar refractivity (Wildman–Crippen MR) is 80.2 cm³/mol. The minimum Gasteiger partial charge on any atom is -0.271 e. The summed E-state index contributed by atoms with van der Waals surface area (Å²) in [6.45, 7) is 5.82. The van der Waals surface area contributed by atoms with Crippen molar-refractivity contribution in [3.63, 3.8) is 0 Å². The van der Waals surface area contributed by atoms with E-state index in [-0.39, 0.29) is 0 Å². The molecular weight excluding hydrogens is 220 g/mol. The van der Waals surface area contributed by atoms with Crippen molar-refractivity contribution < 1.29 is 0 Å². The molecule has 108 valence electrons. The van der Waals surface area contributed by atoms with Crippen LogP contribution in [0.15, 0.2) is 0 Å². The fourth-order valence-corrected chi connectivity index (χ4v) is 3.32. The molecule has 2 atom stereocenters. The quantitative estimate of drug-likeness (QED) is 0.566. The second-order valence-corrected chi connectivity index (χ2v) is 6.85. The summed E-state index contributed by atoms with van der Waals surface area (Å²) in [5.74, 6) is 6.48. The summed E-state index contributed by atoms with van der Waals surface area (Å²) in [6.07, 6.45) is 15.5. The van der Waals surface area contributed by atoms with Gasteiger partial charge in [0.15, 0.2) is 0 Å². The van der Waals surface area contributed by atoms with Crippen molar-refractivity contribution in [1.29, 1.82) is 0 Å². The van der Waals surface area contributed by atoms with E-state index in [0.717, 1.165) is 12.5 Å². The molecule has 0 spiro atoms. The summed E-state index contributed by atoms with van der Waals surface area (Å²) >= 11 is 0. The molecule has 2 nitrogen and oxygen atoms in total. The van der Waals surface area contributed by atoms with Crippen LogP contribution in [0.2, 0.25) is 0 Å². The van der Waals surface area contributed by atoms with Gasteiger partial charge in [-0.15, -0.1) is 0 Å². The Kier molecular flexibility index (Phi) is 7.92. The Bertz CT molecular complexity index is 205. The van der Waals surface area contributed by atoms with Crippen molar-refractivity contribution in [3.05, 3.63) is 0 Å². The number of hydrogen-bond donors (Lipinski definition) is 2. The molecule has 2 heteroatoms. The molecule has 0 heterocycles. The maximum absolute atomic E-state index is 5.56. The summed E-state index contributed by atoms with van der Waals surface area (Å²) in [5.41, 5.74) is 3.33. The molecule has 0 aromatic carbocycles. The van der Waals surface area contributed by atoms with Gasteiger partial charge in [-0.2, -0.15) is 0 Å². The summed E-state index contributed by atoms with van der Waals surface area (Å²) in [6, 6.07) is 0. The van der Waals surface area contributed by atoms with Gasteiger partial charge in [0.05, 0.1) is 0 Å². The van der Waals surface area contributed by atoms with E-state index in [1.807, 2.05) is 0 Å². The predicted octanol–water partition coefficient (Wildman–Crippen LogP) is 4.40. The van der Waals surface area contributed by atoms with E-state index in [2.05, 4.69) is 19.3 Å². The Labute approximate surface area is 114 Å². The Hall–Kier alpha value is -0.0800. The Morgan fingerprint density at radius 3 is 2.22 bits per heavy atom. The summed E-state index contributed by atoms with van der Waals surface area (Å²) in [5, 5.41) is 0. The zero-order valence-electron chi connectivity index (χ0n) is 12.6. The molecule has 18 heavy (non-hydrogen) atoms. The zero-order valence-corrected chi connectivity index (χ0v) is 12.6. The van der Waals surface area contributed by atoms with Crippen molar-refractivity contribution in [1.82, 2.24) is 5.43 Å². The highest BCUT2D eigenvalue weighted by molar-refractivity contribution is 4.76. The Morgan fingerprint density at radius 1 is 0.944 bits per heavy atom. The van der Waals surface area contributed by atoms with Gasteiger partial charge in [0.2, 0.25) is 0 Å². The number of hydrogen-bond acceptors (Lipinski definition) is 2. The van der Waals surface area contributed by atoms with Gasteiger partial charge < -0.3 is 0 Å². The van der Waals surface area contributed by atoms with Crippen molar-refractivity contribution in [3.8, 4) is 0 Å². The molecule has 1 aliphatic carbocycles. The van der Waals surface area contributed by atoms with Crippen LogP contribution < -0.4 is 11.3 Å². The van der Waals surface area contributed by atoms with Crippen LogP contribution in [0, 0.1) is 11.3 Å². The molecule has 0 aromatic heterocycles. The molecule has 0 aliphatic heterocycles. The van der Waals surface area contributed by atoms with Crippen LogP contribution in [-0.4, -0.2) is 6.54 Å². The van der Waals surface area contributed by atoms with Gasteiger partial charge in [0.25, 0.3) is 0 Å². The summed E-state index contributed by atoms with van der Waals surface area (Å²) in [7, 11) is 0. The smallest absolute Gasteiger partial charge is 0.0151 e. The monoisotopic (exact) mass is 254 g/mol. The van der Waals surface area contributed by atoms with Crippen molar-refractivity contribution in [2.24, 2.45) is 17.2 Å². The molecule has 1 aliphatic rings. The van der Waals surface area contributed by atoms with Crippen LogP contribution in [0.25, 0.3) is 0 Å². The molecule has 0 aromatic rings. The normalized spacial score (nSPS) is 33.2. The first-order chi connectivity index (χ1) is 8.66. The molecule has 2 unspecified atom stereocenters. The maximum Gasteiger partial charge on any atom is 0.0151 e. The zero-order chi connectivity index (χ0) is 13.3. The van der Waals surface area contributed by atoms with E-state index in [9.17, 15) is 0 Å². The molecule has 0 bridgehead atoms. The molecule has 1 fully saturated rings. The number of rotatable bonds is 2. The summed E-state index contributed by atoms with van der Waals surface area (Å²) < 4.78 is 0.